The molecule has 16 heavy (non-hydrogen) atoms. The molecule has 0 bridgehead atoms. The van der Waals surface area contributed by atoms with Crippen LogP contribution in [0.25, 0.3) is 16.7 Å². The highest BCUT2D eigenvalue weighted by molar-refractivity contribution is 6.29. The van der Waals surface area contributed by atoms with Crippen molar-refractivity contribution in [2.75, 3.05) is 0 Å². The Morgan fingerprint density at radius 1 is 1.12 bits per heavy atom. The average molecular weight is 255 g/mol. The molecule has 0 unspecified atom stereocenters. The minimum Gasteiger partial charge on any atom is -0.264 e. The van der Waals surface area contributed by atoms with Crippen LogP contribution in [0.2, 0.25) is 5.28 Å². The standard InChI is InChI=1S/C9H4Cl2N4O/c10-9-13-12-7-8(16)15(11)6-4-2-1-3-5(6)14(7)9/h1-4H. The number of para-hydroxylation sites is 2. The largest absolute Gasteiger partial charge is 0.311 e. The summed E-state index contributed by atoms with van der Waals surface area (Å²) in [7, 11) is 0. The molecular weight excluding hydrogens is 251 g/mol. The van der Waals surface area contributed by atoms with Crippen molar-refractivity contribution >= 4 is 40.1 Å². The Kier molecular flexibility index (Phi) is 1.92. The molecule has 0 N–H and O–H groups in total. The quantitative estimate of drug-likeness (QED) is 0.614. The molecule has 2 heterocycles. The number of fused-ring (bicyclic) bond motifs is 3. The van der Waals surface area contributed by atoms with Crippen LogP contribution >= 0.6 is 23.4 Å². The second-order valence-corrected chi connectivity index (χ2v) is 3.88. The molecule has 80 valence electrons. The average Bonchev–Trinajstić information content (AvgIpc) is 2.69. The second-order valence-electron chi connectivity index (χ2n) is 3.20. The first-order valence-electron chi connectivity index (χ1n) is 4.40. The van der Waals surface area contributed by atoms with Crippen molar-refractivity contribution < 1.29 is 0 Å². The maximum atomic E-state index is 11.8. The molecule has 0 atom stereocenters. The van der Waals surface area contributed by atoms with Gasteiger partial charge in [-0.3, -0.25) is 9.20 Å². The molecular formula is C9H4Cl2N4O. The highest BCUT2D eigenvalue weighted by Crippen LogP contribution is 2.17. The monoisotopic (exact) mass is 254 g/mol. The van der Waals surface area contributed by atoms with Gasteiger partial charge in [0.1, 0.15) is 0 Å². The van der Waals surface area contributed by atoms with Crippen LogP contribution in [0, 0.1) is 0 Å². The number of hydrogen-bond donors (Lipinski definition) is 0. The summed E-state index contributed by atoms with van der Waals surface area (Å²) in [5.41, 5.74) is 0.906. The lowest BCUT2D eigenvalue weighted by atomic mass is 10.3. The number of rotatable bonds is 0. The predicted octanol–water partition coefficient (Wildman–Crippen LogP) is 1.70. The lowest BCUT2D eigenvalue weighted by Crippen LogP contribution is -2.17. The zero-order valence-corrected chi connectivity index (χ0v) is 9.27. The van der Waals surface area contributed by atoms with Gasteiger partial charge in [0.2, 0.25) is 10.9 Å². The molecule has 2 aromatic heterocycles. The first-order valence-corrected chi connectivity index (χ1v) is 5.12. The highest BCUT2D eigenvalue weighted by Gasteiger charge is 2.13. The van der Waals surface area contributed by atoms with E-state index < -0.39 is 5.56 Å². The van der Waals surface area contributed by atoms with Crippen LogP contribution in [0.5, 0.6) is 0 Å². The van der Waals surface area contributed by atoms with E-state index in [1.165, 1.54) is 4.40 Å². The molecule has 0 amide bonds. The zero-order chi connectivity index (χ0) is 11.3. The van der Waals surface area contributed by atoms with Gasteiger partial charge in [-0.2, -0.15) is 0 Å². The van der Waals surface area contributed by atoms with Gasteiger partial charge in [-0.25, -0.2) is 4.09 Å². The Bertz CT molecular complexity index is 761. The fourth-order valence-corrected chi connectivity index (χ4v) is 2.06. The van der Waals surface area contributed by atoms with Gasteiger partial charge in [0.05, 0.1) is 11.0 Å². The van der Waals surface area contributed by atoms with Gasteiger partial charge in [-0.05, 0) is 23.7 Å². The number of nitrogens with zero attached hydrogens (tertiary/aromatic N) is 4. The van der Waals surface area contributed by atoms with Crippen molar-refractivity contribution in [3.05, 3.63) is 39.9 Å². The molecule has 0 saturated carbocycles. The lowest BCUT2D eigenvalue weighted by Gasteiger charge is -2.04. The third-order valence-corrected chi connectivity index (χ3v) is 2.91. The van der Waals surface area contributed by atoms with Crippen LogP contribution in [0.3, 0.4) is 0 Å². The van der Waals surface area contributed by atoms with E-state index in [1.807, 2.05) is 6.07 Å². The summed E-state index contributed by atoms with van der Waals surface area (Å²) in [5.74, 6) is 0. The Labute approximate surface area is 98.9 Å². The molecule has 0 spiro atoms. The summed E-state index contributed by atoms with van der Waals surface area (Å²) in [4.78, 5) is 11.8. The molecule has 5 nitrogen and oxygen atoms in total. The minimum atomic E-state index is -0.445. The van der Waals surface area contributed by atoms with Crippen molar-refractivity contribution in [2.45, 2.75) is 0 Å². The van der Waals surface area contributed by atoms with Crippen LogP contribution in [-0.4, -0.2) is 18.7 Å². The highest BCUT2D eigenvalue weighted by atomic mass is 35.5. The zero-order valence-electron chi connectivity index (χ0n) is 7.76. The molecule has 3 rings (SSSR count). The van der Waals surface area contributed by atoms with Crippen LogP contribution in [0.1, 0.15) is 0 Å². The minimum absolute atomic E-state index is 0.110. The third kappa shape index (κ3) is 1.10. The van der Waals surface area contributed by atoms with Gasteiger partial charge < -0.3 is 0 Å². The summed E-state index contributed by atoms with van der Waals surface area (Å²) in [5, 5.41) is 7.49. The molecule has 3 aromatic rings. The Hall–Kier alpha value is -1.59. The maximum Gasteiger partial charge on any atom is 0.311 e. The van der Waals surface area contributed by atoms with E-state index in [9.17, 15) is 4.79 Å². The van der Waals surface area contributed by atoms with E-state index >= 15 is 0 Å². The van der Waals surface area contributed by atoms with Gasteiger partial charge in [-0.15, -0.1) is 10.2 Å². The predicted molar refractivity (Wildman–Crippen MR) is 61.0 cm³/mol. The van der Waals surface area contributed by atoms with Gasteiger partial charge >= 0.3 is 5.56 Å². The number of benzene rings is 1. The normalized spacial score (nSPS) is 11.4. The van der Waals surface area contributed by atoms with Crippen LogP contribution in [-0.2, 0) is 0 Å². The third-order valence-electron chi connectivity index (χ3n) is 2.33. The van der Waals surface area contributed by atoms with Crippen molar-refractivity contribution in [3.63, 3.8) is 0 Å². The molecule has 0 radical (unpaired) electrons. The number of hydrogen-bond acceptors (Lipinski definition) is 3. The van der Waals surface area contributed by atoms with E-state index in [2.05, 4.69) is 10.2 Å². The van der Waals surface area contributed by atoms with E-state index in [-0.39, 0.29) is 10.9 Å². The Morgan fingerprint density at radius 2 is 1.81 bits per heavy atom. The fraction of sp³-hybridized carbons (Fsp3) is 0. The van der Waals surface area contributed by atoms with Crippen molar-refractivity contribution in [2.24, 2.45) is 0 Å². The summed E-state index contributed by atoms with van der Waals surface area (Å²) in [6.45, 7) is 0. The smallest absolute Gasteiger partial charge is 0.264 e. The van der Waals surface area contributed by atoms with Crippen LogP contribution < -0.4 is 5.56 Å². The lowest BCUT2D eigenvalue weighted by molar-refractivity contribution is 1.10. The van der Waals surface area contributed by atoms with E-state index in [0.29, 0.717) is 11.0 Å². The summed E-state index contributed by atoms with van der Waals surface area (Å²) < 4.78 is 2.48. The molecule has 7 heteroatoms. The molecule has 0 aliphatic rings. The first kappa shape index (κ1) is 9.62. The fourth-order valence-electron chi connectivity index (χ4n) is 1.63. The molecule has 0 fully saturated rings. The first-order chi connectivity index (χ1) is 7.70. The molecule has 0 aliphatic carbocycles. The van der Waals surface area contributed by atoms with E-state index in [0.717, 1.165) is 4.09 Å². The van der Waals surface area contributed by atoms with E-state index in [4.69, 9.17) is 23.4 Å². The van der Waals surface area contributed by atoms with Gasteiger partial charge in [0.25, 0.3) is 0 Å². The van der Waals surface area contributed by atoms with Gasteiger partial charge in [0, 0.05) is 11.8 Å². The summed E-state index contributed by atoms with van der Waals surface area (Å²) >= 11 is 11.8. The molecule has 0 saturated heterocycles. The van der Waals surface area contributed by atoms with Gasteiger partial charge in [0.15, 0.2) is 0 Å². The molecule has 0 aliphatic heterocycles. The van der Waals surface area contributed by atoms with Crippen molar-refractivity contribution in [3.8, 4) is 0 Å². The molecule has 1 aromatic carbocycles. The SMILES string of the molecule is O=c1c2nnc(Cl)n2c2ccccc2n1Cl. The van der Waals surface area contributed by atoms with Crippen molar-refractivity contribution in [1.29, 1.82) is 0 Å². The van der Waals surface area contributed by atoms with Crippen LogP contribution in [0.4, 0.5) is 0 Å². The Morgan fingerprint density at radius 3 is 2.56 bits per heavy atom. The van der Waals surface area contributed by atoms with Crippen molar-refractivity contribution in [1.82, 2.24) is 18.7 Å². The van der Waals surface area contributed by atoms with Gasteiger partial charge in [-0.1, -0.05) is 12.1 Å². The maximum absolute atomic E-state index is 11.8. The summed E-state index contributed by atoms with van der Waals surface area (Å²) in [6.07, 6.45) is 0. The number of halogens is 2. The Balaban J connectivity index is 2.77. The number of aromatic nitrogens is 4. The topological polar surface area (TPSA) is 52.2 Å². The van der Waals surface area contributed by atoms with E-state index in [1.54, 1.807) is 18.2 Å². The second kappa shape index (κ2) is 3.20. The van der Waals surface area contributed by atoms with Crippen LogP contribution in [0.15, 0.2) is 29.1 Å². The summed E-state index contributed by atoms with van der Waals surface area (Å²) in [6, 6.07) is 7.11.